The molecule has 0 radical (unpaired) electrons. The number of halogens is 2. The largest absolute Gasteiger partial charge is 0.117 e. The molecule has 1 unspecified atom stereocenters. The third-order valence-corrected chi connectivity index (χ3v) is 3.51. The number of rotatable bonds is 3. The number of aryl methyl sites for hydroxylation is 1. The van der Waals surface area contributed by atoms with Gasteiger partial charge in [-0.25, -0.2) is 0 Å². The summed E-state index contributed by atoms with van der Waals surface area (Å²) in [5.41, 5.74) is 3.49. The fourth-order valence-electron chi connectivity index (χ4n) is 1.77. The Bertz CT molecular complexity index is 489. The van der Waals surface area contributed by atoms with Gasteiger partial charge >= 0.3 is 0 Å². The smallest absolute Gasteiger partial charge is 0.0640 e. The summed E-state index contributed by atoms with van der Waals surface area (Å²) in [5.74, 6) is 0. The van der Waals surface area contributed by atoms with Gasteiger partial charge in [-0.15, -0.1) is 11.6 Å². The normalized spacial score (nSPS) is 12.4. The predicted octanol–water partition coefficient (Wildman–Crippen LogP) is 5.17. The Morgan fingerprint density at radius 3 is 2.29 bits per heavy atom. The first-order valence-corrected chi connectivity index (χ1v) is 6.42. The molecule has 0 aliphatic rings. The summed E-state index contributed by atoms with van der Waals surface area (Å²) in [6, 6.07) is 16.2. The molecule has 0 fully saturated rings. The fraction of sp³-hybridized carbons (Fsp3) is 0.200. The summed E-state index contributed by atoms with van der Waals surface area (Å²) >= 11 is 12.5. The lowest BCUT2D eigenvalue weighted by molar-refractivity contribution is 0.919. The van der Waals surface area contributed by atoms with Crippen molar-refractivity contribution in [2.45, 2.75) is 18.7 Å². The fourth-order valence-corrected chi connectivity index (χ4v) is 2.46. The van der Waals surface area contributed by atoms with Crippen molar-refractivity contribution in [1.82, 2.24) is 0 Å². The van der Waals surface area contributed by atoms with Gasteiger partial charge in [0.2, 0.25) is 0 Å². The Morgan fingerprint density at radius 2 is 1.65 bits per heavy atom. The molecule has 2 aromatic rings. The van der Waals surface area contributed by atoms with E-state index < -0.39 is 0 Å². The Labute approximate surface area is 112 Å². The summed E-state index contributed by atoms with van der Waals surface area (Å²) < 4.78 is 0. The lowest BCUT2D eigenvalue weighted by Crippen LogP contribution is -1.96. The molecular formula is C15H14Cl2. The maximum absolute atomic E-state index is 6.40. The molecule has 0 heterocycles. The molecule has 2 rings (SSSR count). The lowest BCUT2D eigenvalue weighted by atomic mass is 10.0. The zero-order chi connectivity index (χ0) is 12.3. The van der Waals surface area contributed by atoms with Crippen LogP contribution in [0.5, 0.6) is 0 Å². The summed E-state index contributed by atoms with van der Waals surface area (Å²) in [5, 5.41) is 0.658. The van der Waals surface area contributed by atoms with Crippen molar-refractivity contribution in [1.29, 1.82) is 0 Å². The summed E-state index contributed by atoms with van der Waals surface area (Å²) in [6.07, 6.45) is 0.797. The van der Waals surface area contributed by atoms with Crippen LogP contribution in [-0.2, 0) is 6.42 Å². The maximum atomic E-state index is 6.40. The summed E-state index contributed by atoms with van der Waals surface area (Å²) in [7, 11) is 0. The average Bonchev–Trinajstić information content (AvgIpc) is 2.32. The van der Waals surface area contributed by atoms with Gasteiger partial charge in [0.15, 0.2) is 0 Å². The highest BCUT2D eigenvalue weighted by atomic mass is 35.5. The van der Waals surface area contributed by atoms with Gasteiger partial charge in [0.1, 0.15) is 0 Å². The summed E-state index contributed by atoms with van der Waals surface area (Å²) in [6.45, 7) is 2.08. The van der Waals surface area contributed by atoms with Gasteiger partial charge in [-0.1, -0.05) is 59.6 Å². The molecule has 0 aliphatic carbocycles. The maximum Gasteiger partial charge on any atom is 0.0640 e. The zero-order valence-electron chi connectivity index (χ0n) is 9.66. The van der Waals surface area contributed by atoms with E-state index in [2.05, 4.69) is 31.2 Å². The second kappa shape index (κ2) is 5.57. The molecule has 2 aromatic carbocycles. The van der Waals surface area contributed by atoms with E-state index in [-0.39, 0.29) is 5.38 Å². The Kier molecular flexibility index (Phi) is 4.09. The summed E-state index contributed by atoms with van der Waals surface area (Å²) in [4.78, 5) is 0. The van der Waals surface area contributed by atoms with Crippen LogP contribution in [0, 0.1) is 6.92 Å². The minimum absolute atomic E-state index is 0.0774. The van der Waals surface area contributed by atoms with Crippen molar-refractivity contribution in [3.63, 3.8) is 0 Å². The number of hydrogen-bond acceptors (Lipinski definition) is 0. The van der Waals surface area contributed by atoms with Gasteiger partial charge < -0.3 is 0 Å². The molecule has 2 heteroatoms. The topological polar surface area (TPSA) is 0 Å². The Morgan fingerprint density at radius 1 is 1.00 bits per heavy atom. The molecule has 0 N–H and O–H groups in total. The van der Waals surface area contributed by atoms with E-state index in [1.165, 1.54) is 11.1 Å². The standard InChI is InChI=1S/C15H14Cl2/c1-11-6-8-12(9-7-11)10-15(17)13-4-2-3-5-14(13)16/h2-9,15H,10H2,1H3. The van der Waals surface area contributed by atoms with Crippen molar-refractivity contribution < 1.29 is 0 Å². The second-order valence-electron chi connectivity index (χ2n) is 4.18. The number of benzene rings is 2. The van der Waals surface area contributed by atoms with Crippen LogP contribution in [0.1, 0.15) is 22.1 Å². The van der Waals surface area contributed by atoms with Crippen molar-refractivity contribution >= 4 is 23.2 Å². The van der Waals surface area contributed by atoms with E-state index in [0.717, 1.165) is 17.0 Å². The van der Waals surface area contributed by atoms with Gasteiger partial charge in [-0.2, -0.15) is 0 Å². The molecule has 88 valence electrons. The van der Waals surface area contributed by atoms with Crippen LogP contribution in [0.2, 0.25) is 5.02 Å². The van der Waals surface area contributed by atoms with Gasteiger partial charge in [0.25, 0.3) is 0 Å². The second-order valence-corrected chi connectivity index (χ2v) is 5.11. The highest BCUT2D eigenvalue weighted by molar-refractivity contribution is 6.32. The molecule has 1 atom stereocenters. The van der Waals surface area contributed by atoms with Crippen molar-refractivity contribution in [3.8, 4) is 0 Å². The molecule has 0 nitrogen and oxygen atoms in total. The third-order valence-electron chi connectivity index (χ3n) is 2.78. The van der Waals surface area contributed by atoms with E-state index in [0.29, 0.717) is 0 Å². The van der Waals surface area contributed by atoms with E-state index in [1.54, 1.807) is 0 Å². The first-order valence-electron chi connectivity index (χ1n) is 5.61. The molecule has 0 spiro atoms. The van der Waals surface area contributed by atoms with Crippen LogP contribution >= 0.6 is 23.2 Å². The quantitative estimate of drug-likeness (QED) is 0.671. The Hall–Kier alpha value is -0.980. The minimum atomic E-state index is -0.0774. The van der Waals surface area contributed by atoms with E-state index in [1.807, 2.05) is 24.3 Å². The zero-order valence-corrected chi connectivity index (χ0v) is 11.2. The van der Waals surface area contributed by atoms with Gasteiger partial charge in [-0.05, 0) is 30.5 Å². The van der Waals surface area contributed by atoms with Crippen LogP contribution in [0.25, 0.3) is 0 Å². The van der Waals surface area contributed by atoms with Gasteiger partial charge in [-0.3, -0.25) is 0 Å². The molecule has 0 saturated carbocycles. The molecule has 0 saturated heterocycles. The van der Waals surface area contributed by atoms with Gasteiger partial charge in [0, 0.05) is 5.02 Å². The number of alkyl halides is 1. The highest BCUT2D eigenvalue weighted by Gasteiger charge is 2.11. The molecular weight excluding hydrogens is 251 g/mol. The number of hydrogen-bond donors (Lipinski definition) is 0. The molecule has 0 bridgehead atoms. The average molecular weight is 265 g/mol. The first kappa shape index (κ1) is 12.5. The molecule has 0 aromatic heterocycles. The Balaban J connectivity index is 2.14. The minimum Gasteiger partial charge on any atom is -0.117 e. The first-order chi connectivity index (χ1) is 8.16. The lowest BCUT2D eigenvalue weighted by Gasteiger charge is -2.11. The van der Waals surface area contributed by atoms with E-state index in [9.17, 15) is 0 Å². The molecule has 17 heavy (non-hydrogen) atoms. The van der Waals surface area contributed by atoms with Crippen LogP contribution < -0.4 is 0 Å². The predicted molar refractivity (Wildman–Crippen MR) is 74.9 cm³/mol. The van der Waals surface area contributed by atoms with E-state index >= 15 is 0 Å². The van der Waals surface area contributed by atoms with Crippen LogP contribution in [0.4, 0.5) is 0 Å². The van der Waals surface area contributed by atoms with Crippen LogP contribution in [0.15, 0.2) is 48.5 Å². The monoisotopic (exact) mass is 264 g/mol. The van der Waals surface area contributed by atoms with Crippen LogP contribution in [-0.4, -0.2) is 0 Å². The highest BCUT2D eigenvalue weighted by Crippen LogP contribution is 2.30. The third kappa shape index (κ3) is 3.24. The van der Waals surface area contributed by atoms with Crippen molar-refractivity contribution in [3.05, 3.63) is 70.2 Å². The van der Waals surface area contributed by atoms with E-state index in [4.69, 9.17) is 23.2 Å². The van der Waals surface area contributed by atoms with Crippen molar-refractivity contribution in [2.75, 3.05) is 0 Å². The van der Waals surface area contributed by atoms with Gasteiger partial charge in [0.05, 0.1) is 5.38 Å². The SMILES string of the molecule is Cc1ccc(CC(Cl)c2ccccc2Cl)cc1. The van der Waals surface area contributed by atoms with Crippen molar-refractivity contribution in [2.24, 2.45) is 0 Å². The van der Waals surface area contributed by atoms with Crippen LogP contribution in [0.3, 0.4) is 0 Å². The molecule has 0 amide bonds. The molecule has 0 aliphatic heterocycles.